The van der Waals surface area contributed by atoms with Crippen molar-refractivity contribution in [1.29, 1.82) is 0 Å². The highest BCUT2D eigenvalue weighted by Crippen LogP contribution is 2.40. The molecule has 1 heterocycles. The van der Waals surface area contributed by atoms with E-state index in [1.54, 1.807) is 0 Å². The number of aryl methyl sites for hydroxylation is 1. The van der Waals surface area contributed by atoms with Crippen molar-refractivity contribution >= 4 is 17.5 Å². The first-order valence-corrected chi connectivity index (χ1v) is 10.9. The summed E-state index contributed by atoms with van der Waals surface area (Å²) in [4.78, 5) is 15.4. The Bertz CT molecular complexity index is 892. The molecule has 3 nitrogen and oxygen atoms in total. The van der Waals surface area contributed by atoms with Crippen LogP contribution in [0, 0.1) is 11.8 Å². The molecule has 1 saturated heterocycles. The zero-order valence-electron chi connectivity index (χ0n) is 16.1. The summed E-state index contributed by atoms with van der Waals surface area (Å²) in [6.45, 7) is 1.60. The smallest absolute Gasteiger partial charge is 0.226 e. The molecule has 0 radical (unpaired) electrons. The van der Waals surface area contributed by atoms with Crippen LogP contribution in [0.2, 0.25) is 5.02 Å². The molecule has 5 rings (SSSR count). The Morgan fingerprint density at radius 1 is 1.04 bits per heavy atom. The van der Waals surface area contributed by atoms with Crippen molar-refractivity contribution in [2.75, 3.05) is 13.2 Å². The minimum Gasteiger partial charge on any atom is -0.493 e. The molecule has 2 aromatic rings. The van der Waals surface area contributed by atoms with E-state index < -0.39 is 0 Å². The molecule has 0 N–H and O–H groups in total. The van der Waals surface area contributed by atoms with Crippen molar-refractivity contribution in [3.8, 4) is 5.75 Å². The number of ether oxygens (including phenoxy) is 1. The molecule has 146 valence electrons. The highest BCUT2D eigenvalue weighted by molar-refractivity contribution is 6.31. The molecule has 2 aromatic carbocycles. The van der Waals surface area contributed by atoms with Crippen LogP contribution in [0.3, 0.4) is 0 Å². The Morgan fingerprint density at radius 2 is 1.89 bits per heavy atom. The number of fused-ring (bicyclic) bond motifs is 1. The van der Waals surface area contributed by atoms with Crippen molar-refractivity contribution in [1.82, 2.24) is 4.90 Å². The fourth-order valence-electron chi connectivity index (χ4n) is 4.73. The third-order valence-electron chi connectivity index (χ3n) is 6.53. The average molecular weight is 396 g/mol. The number of hydrogen-bond donors (Lipinski definition) is 0. The van der Waals surface area contributed by atoms with Crippen molar-refractivity contribution in [2.24, 2.45) is 11.8 Å². The maximum Gasteiger partial charge on any atom is 0.226 e. The van der Waals surface area contributed by atoms with Crippen molar-refractivity contribution < 1.29 is 9.53 Å². The molecule has 2 atom stereocenters. The maximum absolute atomic E-state index is 13.2. The van der Waals surface area contributed by atoms with Crippen LogP contribution in [0.1, 0.15) is 48.4 Å². The number of carbonyl (C=O) groups excluding carboxylic acids is 1. The van der Waals surface area contributed by atoms with Gasteiger partial charge in [-0.1, -0.05) is 41.9 Å². The number of amides is 1. The van der Waals surface area contributed by atoms with Crippen LogP contribution < -0.4 is 4.74 Å². The van der Waals surface area contributed by atoms with Crippen LogP contribution in [0.15, 0.2) is 42.5 Å². The predicted molar refractivity (Wildman–Crippen MR) is 111 cm³/mol. The topological polar surface area (TPSA) is 29.5 Å². The molecule has 1 saturated carbocycles. The summed E-state index contributed by atoms with van der Waals surface area (Å²) in [6.07, 6.45) is 6.19. The van der Waals surface area contributed by atoms with E-state index in [-0.39, 0.29) is 17.9 Å². The third kappa shape index (κ3) is 3.41. The summed E-state index contributed by atoms with van der Waals surface area (Å²) < 4.78 is 6.05. The molecule has 0 spiro atoms. The summed E-state index contributed by atoms with van der Waals surface area (Å²) in [5, 5.41) is 0.714. The fourth-order valence-corrected chi connectivity index (χ4v) is 4.97. The van der Waals surface area contributed by atoms with E-state index in [4.69, 9.17) is 16.3 Å². The number of halogens is 1. The van der Waals surface area contributed by atoms with Gasteiger partial charge in [0.05, 0.1) is 12.6 Å². The van der Waals surface area contributed by atoms with Gasteiger partial charge < -0.3 is 9.64 Å². The second-order valence-electron chi connectivity index (χ2n) is 8.45. The van der Waals surface area contributed by atoms with E-state index in [9.17, 15) is 4.79 Å². The lowest BCUT2D eigenvalue weighted by molar-refractivity contribution is -0.133. The van der Waals surface area contributed by atoms with Gasteiger partial charge in [0.25, 0.3) is 0 Å². The lowest BCUT2D eigenvalue weighted by Crippen LogP contribution is -2.31. The Morgan fingerprint density at radius 3 is 2.75 bits per heavy atom. The van der Waals surface area contributed by atoms with E-state index in [0.717, 1.165) is 43.7 Å². The number of rotatable bonds is 6. The SMILES string of the molecule is O=C1C(Cc2c(Cl)cccc2OCC2CC2)CCN1C1CCc2ccccc21. The molecule has 1 aliphatic heterocycles. The number of nitrogens with zero attached hydrogens (tertiary/aromatic N) is 1. The number of likely N-dealkylation sites (tertiary alicyclic amines) is 1. The molecular formula is C24H26ClNO2. The quantitative estimate of drug-likeness (QED) is 0.672. The fraction of sp³-hybridized carbons (Fsp3) is 0.458. The van der Waals surface area contributed by atoms with Crippen molar-refractivity contribution in [2.45, 2.75) is 44.6 Å². The molecular weight excluding hydrogens is 370 g/mol. The standard InChI is InChI=1S/C24H26ClNO2/c25-21-6-3-7-23(28-15-16-8-9-16)20(21)14-18-12-13-26(24(18)27)22-11-10-17-4-1-2-5-19(17)22/h1-7,16,18,22H,8-15H2. The molecule has 0 bridgehead atoms. The van der Waals surface area contributed by atoms with Crippen LogP contribution >= 0.6 is 11.6 Å². The van der Waals surface area contributed by atoms with E-state index >= 15 is 0 Å². The van der Waals surface area contributed by atoms with Crippen LogP contribution in [0.4, 0.5) is 0 Å². The van der Waals surface area contributed by atoms with Gasteiger partial charge >= 0.3 is 0 Å². The van der Waals surface area contributed by atoms with Gasteiger partial charge in [0.2, 0.25) is 5.91 Å². The number of hydrogen-bond acceptors (Lipinski definition) is 2. The summed E-state index contributed by atoms with van der Waals surface area (Å²) in [5.74, 6) is 1.82. The molecule has 0 aromatic heterocycles. The molecule has 2 aliphatic carbocycles. The van der Waals surface area contributed by atoms with Gasteiger partial charge in [-0.05, 0) is 67.7 Å². The highest BCUT2D eigenvalue weighted by atomic mass is 35.5. The van der Waals surface area contributed by atoms with E-state index in [1.165, 1.54) is 24.0 Å². The molecule has 2 fully saturated rings. The predicted octanol–water partition coefficient (Wildman–Crippen LogP) is 5.21. The first-order valence-electron chi connectivity index (χ1n) is 10.5. The van der Waals surface area contributed by atoms with E-state index in [0.29, 0.717) is 17.4 Å². The summed E-state index contributed by atoms with van der Waals surface area (Å²) in [5.41, 5.74) is 3.73. The minimum atomic E-state index is -0.00376. The van der Waals surface area contributed by atoms with Gasteiger partial charge in [-0.25, -0.2) is 0 Å². The normalized spacial score (nSPS) is 23.9. The first-order chi connectivity index (χ1) is 13.7. The molecule has 1 amide bonds. The molecule has 28 heavy (non-hydrogen) atoms. The monoisotopic (exact) mass is 395 g/mol. The summed E-state index contributed by atoms with van der Waals surface area (Å²) in [6, 6.07) is 14.6. The van der Waals surface area contributed by atoms with Gasteiger partial charge in [-0.2, -0.15) is 0 Å². The minimum absolute atomic E-state index is 0.00376. The van der Waals surface area contributed by atoms with Gasteiger partial charge in [0.1, 0.15) is 5.75 Å². The summed E-state index contributed by atoms with van der Waals surface area (Å²) >= 11 is 6.51. The van der Waals surface area contributed by atoms with Gasteiger partial charge in [0.15, 0.2) is 0 Å². The Balaban J connectivity index is 1.32. The lowest BCUT2D eigenvalue weighted by atomic mass is 9.97. The van der Waals surface area contributed by atoms with Crippen molar-refractivity contribution in [3.05, 3.63) is 64.2 Å². The zero-order valence-corrected chi connectivity index (χ0v) is 16.8. The van der Waals surface area contributed by atoms with Crippen LogP contribution in [-0.4, -0.2) is 24.0 Å². The maximum atomic E-state index is 13.2. The van der Waals surface area contributed by atoms with E-state index in [1.807, 2.05) is 18.2 Å². The third-order valence-corrected chi connectivity index (χ3v) is 6.88. The summed E-state index contributed by atoms with van der Waals surface area (Å²) in [7, 11) is 0. The van der Waals surface area contributed by atoms with Crippen LogP contribution in [0.25, 0.3) is 0 Å². The van der Waals surface area contributed by atoms with Crippen molar-refractivity contribution in [3.63, 3.8) is 0 Å². The Hall–Kier alpha value is -2.00. The Labute approximate surface area is 171 Å². The number of carbonyl (C=O) groups is 1. The number of benzene rings is 2. The second-order valence-corrected chi connectivity index (χ2v) is 8.85. The molecule has 3 aliphatic rings. The lowest BCUT2D eigenvalue weighted by Gasteiger charge is -2.25. The zero-order chi connectivity index (χ0) is 19.1. The van der Waals surface area contributed by atoms with E-state index in [2.05, 4.69) is 29.2 Å². The van der Waals surface area contributed by atoms with Gasteiger partial charge in [0, 0.05) is 23.0 Å². The van der Waals surface area contributed by atoms with Gasteiger partial charge in [-0.3, -0.25) is 4.79 Å². The van der Waals surface area contributed by atoms with Crippen LogP contribution in [-0.2, 0) is 17.6 Å². The first kappa shape index (κ1) is 18.1. The Kier molecular flexibility index (Phi) is 4.80. The average Bonchev–Trinajstić information content (AvgIpc) is 3.34. The second kappa shape index (κ2) is 7.44. The highest BCUT2D eigenvalue weighted by Gasteiger charge is 2.39. The molecule has 2 unspecified atom stereocenters. The van der Waals surface area contributed by atoms with Gasteiger partial charge in [-0.15, -0.1) is 0 Å². The largest absolute Gasteiger partial charge is 0.493 e. The molecule has 4 heteroatoms. The van der Waals surface area contributed by atoms with Crippen LogP contribution in [0.5, 0.6) is 5.75 Å².